The lowest BCUT2D eigenvalue weighted by Crippen LogP contribution is -2.13. The third-order valence-electron chi connectivity index (χ3n) is 4.72. The highest BCUT2D eigenvalue weighted by molar-refractivity contribution is 6.07. The summed E-state index contributed by atoms with van der Waals surface area (Å²) < 4.78 is 18.6. The van der Waals surface area contributed by atoms with Gasteiger partial charge < -0.3 is 14.7 Å². The maximum atomic E-state index is 13.9. The number of carbonyl (C=O) groups excluding carboxylic acids is 2. The standard InChI is InChI=1S/C22H16FNO4/c1-28-22(27)14-6-9-20(25)19(10-14)24-17-5-3-2-4-13(17)11-21(26)16-12-15(23)7-8-18(16)24/h2-10,12,25H,11H2,1H3. The van der Waals surface area contributed by atoms with Crippen molar-refractivity contribution in [2.24, 2.45) is 0 Å². The molecule has 0 radical (unpaired) electrons. The second-order valence-corrected chi connectivity index (χ2v) is 6.42. The number of nitrogens with zero attached hydrogens (tertiary/aromatic N) is 1. The molecule has 0 unspecified atom stereocenters. The number of phenolic OH excluding ortho intramolecular Hbond substituents is 1. The van der Waals surface area contributed by atoms with E-state index in [1.165, 1.54) is 43.5 Å². The van der Waals surface area contributed by atoms with Crippen molar-refractivity contribution in [3.63, 3.8) is 0 Å². The van der Waals surface area contributed by atoms with E-state index in [2.05, 4.69) is 0 Å². The lowest BCUT2D eigenvalue weighted by atomic mass is 10.0. The topological polar surface area (TPSA) is 66.8 Å². The largest absolute Gasteiger partial charge is 0.506 e. The van der Waals surface area contributed by atoms with Gasteiger partial charge in [-0.25, -0.2) is 9.18 Å². The van der Waals surface area contributed by atoms with Crippen LogP contribution in [0.3, 0.4) is 0 Å². The lowest BCUT2D eigenvalue weighted by molar-refractivity contribution is 0.0600. The monoisotopic (exact) mass is 377 g/mol. The van der Waals surface area contributed by atoms with E-state index in [-0.39, 0.29) is 34.8 Å². The van der Waals surface area contributed by atoms with Crippen LogP contribution in [0, 0.1) is 5.82 Å². The van der Waals surface area contributed by atoms with Crippen LogP contribution in [0.5, 0.6) is 5.75 Å². The predicted molar refractivity (Wildman–Crippen MR) is 102 cm³/mol. The zero-order chi connectivity index (χ0) is 19.8. The number of methoxy groups -OCH3 is 1. The molecule has 1 N–H and O–H groups in total. The quantitative estimate of drug-likeness (QED) is 0.665. The van der Waals surface area contributed by atoms with Crippen LogP contribution in [0.15, 0.2) is 60.7 Å². The number of halogens is 1. The van der Waals surface area contributed by atoms with Crippen LogP contribution in [0.2, 0.25) is 0 Å². The molecule has 6 heteroatoms. The molecule has 3 aromatic rings. The van der Waals surface area contributed by atoms with Gasteiger partial charge in [-0.15, -0.1) is 0 Å². The van der Waals surface area contributed by atoms with Crippen LogP contribution in [0.1, 0.15) is 26.3 Å². The highest BCUT2D eigenvalue weighted by Crippen LogP contribution is 2.45. The van der Waals surface area contributed by atoms with Gasteiger partial charge in [-0.1, -0.05) is 18.2 Å². The Kier molecular flexibility index (Phi) is 4.31. The smallest absolute Gasteiger partial charge is 0.337 e. The fourth-order valence-corrected chi connectivity index (χ4v) is 3.41. The molecule has 3 aromatic carbocycles. The second kappa shape index (κ2) is 6.81. The summed E-state index contributed by atoms with van der Waals surface area (Å²) in [5, 5.41) is 10.6. The number of rotatable bonds is 2. The Morgan fingerprint density at radius 3 is 2.61 bits per heavy atom. The fourth-order valence-electron chi connectivity index (χ4n) is 3.41. The minimum absolute atomic E-state index is 0.0907. The van der Waals surface area contributed by atoms with E-state index in [9.17, 15) is 19.1 Å². The number of para-hydroxylation sites is 1. The van der Waals surface area contributed by atoms with Crippen LogP contribution in [-0.2, 0) is 11.2 Å². The number of ketones is 1. The molecule has 1 aliphatic rings. The van der Waals surface area contributed by atoms with Crippen molar-refractivity contribution in [2.45, 2.75) is 6.42 Å². The van der Waals surface area contributed by atoms with Gasteiger partial charge >= 0.3 is 5.97 Å². The summed E-state index contributed by atoms with van der Waals surface area (Å²) in [7, 11) is 1.27. The Morgan fingerprint density at radius 1 is 1.04 bits per heavy atom. The van der Waals surface area contributed by atoms with Crippen LogP contribution in [0.25, 0.3) is 0 Å². The number of phenols is 1. The first-order valence-electron chi connectivity index (χ1n) is 8.61. The number of aromatic hydroxyl groups is 1. The van der Waals surface area contributed by atoms with Gasteiger partial charge in [0, 0.05) is 17.7 Å². The molecule has 0 amide bonds. The van der Waals surface area contributed by atoms with E-state index in [0.29, 0.717) is 11.4 Å². The van der Waals surface area contributed by atoms with Gasteiger partial charge in [0.15, 0.2) is 5.78 Å². The van der Waals surface area contributed by atoms with Gasteiger partial charge in [-0.05, 0) is 48.0 Å². The SMILES string of the molecule is COC(=O)c1ccc(O)c(N2c3ccccc3CC(=O)c3cc(F)ccc32)c1. The molecule has 1 aliphatic heterocycles. The molecule has 0 fully saturated rings. The molecule has 0 bridgehead atoms. The van der Waals surface area contributed by atoms with Crippen LogP contribution in [0.4, 0.5) is 21.5 Å². The third-order valence-corrected chi connectivity index (χ3v) is 4.72. The van der Waals surface area contributed by atoms with E-state index in [4.69, 9.17) is 4.74 Å². The van der Waals surface area contributed by atoms with Crippen molar-refractivity contribution < 1.29 is 23.8 Å². The first-order valence-corrected chi connectivity index (χ1v) is 8.61. The summed E-state index contributed by atoms with van der Waals surface area (Å²) in [5.41, 5.74) is 2.56. The van der Waals surface area contributed by atoms with Gasteiger partial charge in [-0.3, -0.25) is 4.79 Å². The van der Waals surface area contributed by atoms with Crippen molar-refractivity contribution in [1.82, 2.24) is 0 Å². The number of benzene rings is 3. The van der Waals surface area contributed by atoms with Crippen molar-refractivity contribution in [3.8, 4) is 5.75 Å². The minimum atomic E-state index is -0.556. The number of Topliss-reactive ketones (excluding diaryl/α,β-unsaturated/α-hetero) is 1. The van der Waals surface area contributed by atoms with Gasteiger partial charge in [0.2, 0.25) is 0 Å². The normalized spacial score (nSPS) is 12.8. The Balaban J connectivity index is 2.03. The molecular formula is C22H16FNO4. The number of fused-ring (bicyclic) bond motifs is 2. The molecule has 0 spiro atoms. The summed E-state index contributed by atoms with van der Waals surface area (Å²) in [6.07, 6.45) is 0.0978. The zero-order valence-electron chi connectivity index (χ0n) is 15.0. The Hall–Kier alpha value is -3.67. The molecule has 0 saturated heterocycles. The van der Waals surface area contributed by atoms with Crippen LogP contribution >= 0.6 is 0 Å². The maximum Gasteiger partial charge on any atom is 0.337 e. The molecule has 140 valence electrons. The van der Waals surface area contributed by atoms with E-state index < -0.39 is 11.8 Å². The van der Waals surface area contributed by atoms with E-state index in [1.54, 1.807) is 4.90 Å². The van der Waals surface area contributed by atoms with E-state index in [1.807, 2.05) is 24.3 Å². The predicted octanol–water partition coefficient (Wildman–Crippen LogP) is 4.53. The van der Waals surface area contributed by atoms with Gasteiger partial charge in [-0.2, -0.15) is 0 Å². The van der Waals surface area contributed by atoms with Gasteiger partial charge in [0.1, 0.15) is 11.6 Å². The molecule has 0 atom stereocenters. The van der Waals surface area contributed by atoms with Crippen molar-refractivity contribution >= 4 is 28.8 Å². The number of carbonyl (C=O) groups is 2. The van der Waals surface area contributed by atoms with Crippen molar-refractivity contribution in [3.05, 3.63) is 83.2 Å². The van der Waals surface area contributed by atoms with Gasteiger partial charge in [0.05, 0.1) is 24.0 Å². The van der Waals surface area contributed by atoms with E-state index >= 15 is 0 Å². The van der Waals surface area contributed by atoms with Crippen LogP contribution in [-0.4, -0.2) is 24.0 Å². The Morgan fingerprint density at radius 2 is 1.82 bits per heavy atom. The molecule has 5 nitrogen and oxygen atoms in total. The Bertz CT molecular complexity index is 1110. The summed E-state index contributed by atoms with van der Waals surface area (Å²) in [6, 6.07) is 15.5. The first-order chi connectivity index (χ1) is 13.5. The number of hydrogen-bond donors (Lipinski definition) is 1. The fraction of sp³-hybridized carbons (Fsp3) is 0.0909. The van der Waals surface area contributed by atoms with Crippen molar-refractivity contribution in [2.75, 3.05) is 12.0 Å². The number of hydrogen-bond acceptors (Lipinski definition) is 5. The molecular weight excluding hydrogens is 361 g/mol. The molecule has 28 heavy (non-hydrogen) atoms. The molecule has 0 saturated carbocycles. The maximum absolute atomic E-state index is 13.9. The molecule has 0 aromatic heterocycles. The number of anilines is 3. The van der Waals surface area contributed by atoms with Gasteiger partial charge in [0.25, 0.3) is 0 Å². The lowest BCUT2D eigenvalue weighted by Gasteiger charge is -2.27. The summed E-state index contributed by atoms with van der Waals surface area (Å²) in [5.74, 6) is -1.40. The zero-order valence-corrected chi connectivity index (χ0v) is 15.0. The number of esters is 1. The highest BCUT2D eigenvalue weighted by atomic mass is 19.1. The molecule has 1 heterocycles. The Labute approximate surface area is 160 Å². The average Bonchev–Trinajstić information content (AvgIpc) is 2.82. The number of ether oxygens (including phenoxy) is 1. The van der Waals surface area contributed by atoms with Crippen molar-refractivity contribution in [1.29, 1.82) is 0 Å². The van der Waals surface area contributed by atoms with E-state index in [0.717, 1.165) is 5.56 Å². The average molecular weight is 377 g/mol. The molecule has 4 rings (SSSR count). The molecule has 0 aliphatic carbocycles. The summed E-state index contributed by atoms with van der Waals surface area (Å²) >= 11 is 0. The summed E-state index contributed by atoms with van der Waals surface area (Å²) in [4.78, 5) is 26.4. The highest BCUT2D eigenvalue weighted by Gasteiger charge is 2.28. The van der Waals surface area contributed by atoms with Crippen LogP contribution < -0.4 is 4.90 Å². The first kappa shape index (κ1) is 17.7. The minimum Gasteiger partial charge on any atom is -0.506 e. The third kappa shape index (κ3) is 2.89. The summed E-state index contributed by atoms with van der Waals surface area (Å²) in [6.45, 7) is 0. The second-order valence-electron chi connectivity index (χ2n) is 6.42.